The zero-order chi connectivity index (χ0) is 21.3. The molecule has 0 aliphatic carbocycles. The summed E-state index contributed by atoms with van der Waals surface area (Å²) < 4.78 is 0. The molecule has 1 heterocycles. The molecule has 0 aliphatic heterocycles. The number of carboxylic acid groups (broad SMARTS) is 2. The van der Waals surface area contributed by atoms with Gasteiger partial charge in [0.05, 0.1) is 25.3 Å². The Balaban J connectivity index is 2.45. The Kier molecular flexibility index (Phi) is 8.55. The molecule has 13 nitrogen and oxygen atoms in total. The maximum Gasteiger partial charge on any atom is 0.326 e. The van der Waals surface area contributed by atoms with Crippen molar-refractivity contribution < 1.29 is 34.2 Å². The number of nitrogens with one attached hydrogen (secondary N) is 4. The molecular weight excluding hydrogens is 376 g/mol. The predicted octanol–water partition coefficient (Wildman–Crippen LogP) is -3.06. The molecule has 0 fully saturated rings. The van der Waals surface area contributed by atoms with Gasteiger partial charge >= 0.3 is 11.9 Å². The van der Waals surface area contributed by atoms with Gasteiger partial charge < -0.3 is 36.9 Å². The van der Waals surface area contributed by atoms with E-state index in [2.05, 4.69) is 25.9 Å². The van der Waals surface area contributed by atoms with Crippen molar-refractivity contribution in [3.63, 3.8) is 0 Å². The van der Waals surface area contributed by atoms with Crippen molar-refractivity contribution in [1.29, 1.82) is 0 Å². The number of nitrogens with two attached hydrogens (primary N) is 1. The first-order chi connectivity index (χ1) is 13.1. The molecule has 8 N–H and O–H groups in total. The van der Waals surface area contributed by atoms with Gasteiger partial charge in [0.1, 0.15) is 12.1 Å². The van der Waals surface area contributed by atoms with Crippen LogP contribution in [0.5, 0.6) is 0 Å². The second-order valence-corrected chi connectivity index (χ2v) is 5.89. The number of rotatable bonds is 11. The third-order valence-corrected chi connectivity index (χ3v) is 3.52. The van der Waals surface area contributed by atoms with E-state index in [1.807, 2.05) is 0 Å². The van der Waals surface area contributed by atoms with Crippen LogP contribution in [-0.2, 0) is 30.4 Å². The number of imidazole rings is 1. The van der Waals surface area contributed by atoms with Crippen LogP contribution >= 0.6 is 0 Å². The maximum absolute atomic E-state index is 11.9. The van der Waals surface area contributed by atoms with Crippen LogP contribution in [0.25, 0.3) is 0 Å². The van der Waals surface area contributed by atoms with Crippen molar-refractivity contribution in [2.24, 2.45) is 5.73 Å². The van der Waals surface area contributed by atoms with Crippen molar-refractivity contribution in [2.75, 3.05) is 6.54 Å². The fraction of sp³-hybridized carbons (Fsp3) is 0.467. The molecule has 1 rings (SSSR count). The molecule has 3 unspecified atom stereocenters. The molecule has 0 saturated carbocycles. The van der Waals surface area contributed by atoms with E-state index >= 15 is 0 Å². The molecule has 1 aromatic rings. The molecule has 0 saturated heterocycles. The fourth-order valence-corrected chi connectivity index (χ4v) is 2.05. The highest BCUT2D eigenvalue weighted by molar-refractivity contribution is 5.93. The molecule has 0 bridgehead atoms. The number of aromatic nitrogens is 2. The highest BCUT2D eigenvalue weighted by atomic mass is 16.4. The van der Waals surface area contributed by atoms with Crippen LogP contribution in [-0.4, -0.2) is 74.5 Å². The first-order valence-electron chi connectivity index (χ1n) is 8.15. The zero-order valence-electron chi connectivity index (χ0n) is 15.0. The second kappa shape index (κ2) is 10.6. The largest absolute Gasteiger partial charge is 0.481 e. The molecule has 0 spiro atoms. The summed E-state index contributed by atoms with van der Waals surface area (Å²) in [6.45, 7) is 0.796. The summed E-state index contributed by atoms with van der Waals surface area (Å²) in [6, 6.07) is -3.63. The van der Waals surface area contributed by atoms with Crippen molar-refractivity contribution >= 4 is 29.7 Å². The van der Waals surface area contributed by atoms with Gasteiger partial charge in [-0.1, -0.05) is 0 Å². The molecule has 3 amide bonds. The number of carbonyl (C=O) groups is 5. The van der Waals surface area contributed by atoms with Gasteiger partial charge in [-0.15, -0.1) is 0 Å². The van der Waals surface area contributed by atoms with Crippen LogP contribution < -0.4 is 21.7 Å². The quantitative estimate of drug-likeness (QED) is 0.201. The minimum absolute atomic E-state index is 0.0249. The molecule has 0 aromatic carbocycles. The predicted molar refractivity (Wildman–Crippen MR) is 92.7 cm³/mol. The van der Waals surface area contributed by atoms with E-state index in [0.29, 0.717) is 5.69 Å². The molecule has 154 valence electrons. The Hall–Kier alpha value is -3.48. The van der Waals surface area contributed by atoms with Crippen LogP contribution in [0, 0.1) is 0 Å². The Morgan fingerprint density at radius 1 is 1.18 bits per heavy atom. The van der Waals surface area contributed by atoms with Gasteiger partial charge in [0.2, 0.25) is 17.7 Å². The lowest BCUT2D eigenvalue weighted by Crippen LogP contribution is -2.52. The normalized spacial score (nSPS) is 13.6. The lowest BCUT2D eigenvalue weighted by atomic mass is 10.1. The van der Waals surface area contributed by atoms with E-state index in [9.17, 15) is 24.0 Å². The Bertz CT molecular complexity index is 720. The number of carbonyl (C=O) groups excluding carboxylic acids is 3. The highest BCUT2D eigenvalue weighted by Gasteiger charge is 2.24. The SMILES string of the molecule is CC(NC(=O)C(N)CC(=O)O)C(=O)NCC(=O)NC(Cc1cnc[nH]1)C(=O)O. The summed E-state index contributed by atoms with van der Waals surface area (Å²) in [7, 11) is 0. The van der Waals surface area contributed by atoms with Crippen LogP contribution in [0.3, 0.4) is 0 Å². The lowest BCUT2D eigenvalue weighted by Gasteiger charge is -2.17. The van der Waals surface area contributed by atoms with Crippen LogP contribution in [0.1, 0.15) is 19.0 Å². The highest BCUT2D eigenvalue weighted by Crippen LogP contribution is 1.99. The minimum Gasteiger partial charge on any atom is -0.481 e. The topological polar surface area (TPSA) is 217 Å². The Morgan fingerprint density at radius 2 is 1.86 bits per heavy atom. The smallest absolute Gasteiger partial charge is 0.326 e. The van der Waals surface area contributed by atoms with E-state index in [0.717, 1.165) is 0 Å². The van der Waals surface area contributed by atoms with E-state index in [-0.39, 0.29) is 6.42 Å². The average molecular weight is 398 g/mol. The molecule has 1 aromatic heterocycles. The first-order valence-corrected chi connectivity index (χ1v) is 8.15. The van der Waals surface area contributed by atoms with E-state index in [1.165, 1.54) is 19.4 Å². The van der Waals surface area contributed by atoms with Crippen molar-refractivity contribution in [3.05, 3.63) is 18.2 Å². The summed E-state index contributed by atoms with van der Waals surface area (Å²) in [6.07, 6.45) is 2.16. The van der Waals surface area contributed by atoms with E-state index in [4.69, 9.17) is 15.9 Å². The molecule has 13 heteroatoms. The third-order valence-electron chi connectivity index (χ3n) is 3.52. The average Bonchev–Trinajstić information content (AvgIpc) is 3.11. The second-order valence-electron chi connectivity index (χ2n) is 5.89. The molecular formula is C15H22N6O7. The molecule has 0 aliphatic rings. The number of carboxylic acids is 2. The van der Waals surface area contributed by atoms with E-state index in [1.54, 1.807) is 0 Å². The summed E-state index contributed by atoms with van der Waals surface area (Å²) in [5, 5.41) is 24.5. The van der Waals surface area contributed by atoms with Gasteiger partial charge in [0.15, 0.2) is 0 Å². The number of amides is 3. The van der Waals surface area contributed by atoms with Crippen LogP contribution in [0.2, 0.25) is 0 Å². The van der Waals surface area contributed by atoms with Gasteiger partial charge in [-0.25, -0.2) is 9.78 Å². The molecule has 0 radical (unpaired) electrons. The number of aliphatic carboxylic acids is 2. The van der Waals surface area contributed by atoms with Gasteiger partial charge in [0, 0.05) is 18.3 Å². The number of nitrogens with zero attached hydrogens (tertiary/aromatic N) is 1. The fourth-order valence-electron chi connectivity index (χ4n) is 2.05. The Labute approximate surface area is 159 Å². The summed E-state index contributed by atoms with van der Waals surface area (Å²) in [4.78, 5) is 63.7. The van der Waals surface area contributed by atoms with Gasteiger partial charge in [0.25, 0.3) is 0 Å². The summed E-state index contributed by atoms with van der Waals surface area (Å²) >= 11 is 0. The number of H-pyrrole nitrogens is 1. The van der Waals surface area contributed by atoms with E-state index < -0.39 is 60.8 Å². The maximum atomic E-state index is 11.9. The monoisotopic (exact) mass is 398 g/mol. The molecule has 3 atom stereocenters. The number of aromatic amines is 1. The van der Waals surface area contributed by atoms with Crippen LogP contribution in [0.4, 0.5) is 0 Å². The summed E-state index contributed by atoms with van der Waals surface area (Å²) in [5.41, 5.74) is 5.88. The summed E-state index contributed by atoms with van der Waals surface area (Å²) in [5.74, 6) is -4.84. The van der Waals surface area contributed by atoms with Crippen molar-refractivity contribution in [2.45, 2.75) is 37.9 Å². The first kappa shape index (κ1) is 22.6. The molecule has 28 heavy (non-hydrogen) atoms. The minimum atomic E-state index is -1.32. The third kappa shape index (κ3) is 7.82. The van der Waals surface area contributed by atoms with Crippen molar-refractivity contribution in [1.82, 2.24) is 25.9 Å². The standard InChI is InChI=1S/C15H22N6O7/c1-7(20-14(26)9(16)3-12(23)24)13(25)18-5-11(22)21-10(15(27)28)2-8-4-17-6-19-8/h4,6-7,9-10H,2-3,5,16H2,1H3,(H,17,19)(H,18,25)(H,20,26)(H,21,22)(H,23,24)(H,27,28). The van der Waals surface area contributed by atoms with Gasteiger partial charge in [-0.2, -0.15) is 0 Å². The van der Waals surface area contributed by atoms with Crippen molar-refractivity contribution in [3.8, 4) is 0 Å². The lowest BCUT2D eigenvalue weighted by molar-refractivity contribution is -0.141. The number of hydrogen-bond donors (Lipinski definition) is 7. The van der Waals surface area contributed by atoms with Gasteiger partial charge in [-0.3, -0.25) is 19.2 Å². The van der Waals surface area contributed by atoms with Gasteiger partial charge in [-0.05, 0) is 6.92 Å². The van der Waals surface area contributed by atoms with Crippen LogP contribution in [0.15, 0.2) is 12.5 Å². The number of hydrogen-bond acceptors (Lipinski definition) is 7. The Morgan fingerprint density at radius 3 is 2.39 bits per heavy atom. The zero-order valence-corrected chi connectivity index (χ0v) is 15.0.